The highest BCUT2D eigenvalue weighted by Crippen LogP contribution is 2.15. The molecule has 0 aliphatic heterocycles. The van der Waals surface area contributed by atoms with Crippen LogP contribution in [0.15, 0.2) is 9.85 Å². The van der Waals surface area contributed by atoms with Gasteiger partial charge in [-0.05, 0) is 40.5 Å². The van der Waals surface area contributed by atoms with Crippen LogP contribution in [0.1, 0.15) is 5.69 Å². The second-order valence-electron chi connectivity index (χ2n) is 1.27. The van der Waals surface area contributed by atoms with Gasteiger partial charge < -0.3 is 0 Å². The van der Waals surface area contributed by atoms with Crippen molar-refractivity contribution in [3.8, 4) is 0 Å². The highest BCUT2D eigenvalue weighted by Gasteiger charge is 1.88. The van der Waals surface area contributed by atoms with Gasteiger partial charge in [0, 0.05) is 0 Å². The molecule has 0 radical (unpaired) electrons. The smallest absolute Gasteiger partial charge is 0.0907 e. The van der Waals surface area contributed by atoms with Crippen LogP contribution in [-0.4, -0.2) is 4.37 Å². The predicted molar refractivity (Wildman–Crippen MR) is 34.6 cm³/mol. The molecule has 1 heterocycles. The maximum atomic E-state index is 4.01. The Kier molecular flexibility index (Phi) is 1.44. The molecule has 0 spiro atoms. The second kappa shape index (κ2) is 1.92. The Balaban J connectivity index is 3.04. The molecule has 1 rings (SSSR count). The van der Waals surface area contributed by atoms with Crippen LogP contribution in [0.2, 0.25) is 0 Å². The highest BCUT2D eigenvalue weighted by atomic mass is 79.9. The van der Waals surface area contributed by atoms with Gasteiger partial charge in [-0.25, -0.2) is 0 Å². The maximum Gasteiger partial charge on any atom is 0.0907 e. The quantitative estimate of drug-likeness (QED) is 0.593. The molecule has 1 nitrogen and oxygen atoms in total. The van der Waals surface area contributed by atoms with Crippen molar-refractivity contribution in [2.24, 2.45) is 0 Å². The Morgan fingerprint density at radius 3 is 2.71 bits per heavy atom. The molecule has 0 amide bonds. The van der Waals surface area contributed by atoms with Crippen LogP contribution in [0.5, 0.6) is 0 Å². The zero-order valence-corrected chi connectivity index (χ0v) is 6.21. The monoisotopic (exact) mass is 177 g/mol. The van der Waals surface area contributed by atoms with Crippen molar-refractivity contribution in [3.63, 3.8) is 0 Å². The number of nitrogens with zero attached hydrogens (tertiary/aromatic N) is 1. The van der Waals surface area contributed by atoms with E-state index in [1.54, 1.807) is 0 Å². The van der Waals surface area contributed by atoms with Crippen molar-refractivity contribution in [1.82, 2.24) is 4.37 Å². The Bertz CT molecular complexity index is 144. The number of aryl methyl sites for hydroxylation is 1. The lowest BCUT2D eigenvalue weighted by Crippen LogP contribution is -1.58. The highest BCUT2D eigenvalue weighted by molar-refractivity contribution is 9.11. The summed E-state index contributed by atoms with van der Waals surface area (Å²) < 4.78 is 5.11. The van der Waals surface area contributed by atoms with Gasteiger partial charge in [0.2, 0.25) is 0 Å². The molecule has 7 heavy (non-hydrogen) atoms. The van der Waals surface area contributed by atoms with E-state index in [0.717, 1.165) is 9.48 Å². The van der Waals surface area contributed by atoms with Crippen LogP contribution in [0.4, 0.5) is 0 Å². The lowest BCUT2D eigenvalue weighted by atomic mass is 10.5. The van der Waals surface area contributed by atoms with Crippen LogP contribution in [0, 0.1) is 6.92 Å². The van der Waals surface area contributed by atoms with Gasteiger partial charge in [0.15, 0.2) is 0 Å². The van der Waals surface area contributed by atoms with Crippen molar-refractivity contribution in [3.05, 3.63) is 15.5 Å². The van der Waals surface area contributed by atoms with Crippen molar-refractivity contribution >= 4 is 27.5 Å². The van der Waals surface area contributed by atoms with Gasteiger partial charge in [-0.15, -0.1) is 0 Å². The third-order valence-electron chi connectivity index (χ3n) is 0.599. The summed E-state index contributed by atoms with van der Waals surface area (Å²) in [6.07, 6.45) is 0. The predicted octanol–water partition coefficient (Wildman–Crippen LogP) is 2.21. The van der Waals surface area contributed by atoms with E-state index in [0.29, 0.717) is 0 Å². The summed E-state index contributed by atoms with van der Waals surface area (Å²) in [6, 6.07) is 1.99. The molecule has 0 aromatic carbocycles. The summed E-state index contributed by atoms with van der Waals surface area (Å²) in [6.45, 7) is 1.97. The molecule has 0 aliphatic carbocycles. The fourth-order valence-electron chi connectivity index (χ4n) is 0.333. The van der Waals surface area contributed by atoms with Crippen molar-refractivity contribution in [1.29, 1.82) is 0 Å². The van der Waals surface area contributed by atoms with E-state index in [1.165, 1.54) is 11.5 Å². The molecule has 0 atom stereocenters. The molecule has 3 heteroatoms. The van der Waals surface area contributed by atoms with Crippen LogP contribution in [-0.2, 0) is 0 Å². The molecular formula is C4H4BrNS. The minimum Gasteiger partial charge on any atom is -0.197 e. The van der Waals surface area contributed by atoms with Crippen LogP contribution in [0.3, 0.4) is 0 Å². The topological polar surface area (TPSA) is 12.9 Å². The number of aromatic nitrogens is 1. The first-order valence-electron chi connectivity index (χ1n) is 1.88. The molecule has 0 aliphatic rings. The van der Waals surface area contributed by atoms with E-state index >= 15 is 0 Å². The SMILES string of the molecule is Cc1cc(Br)sn1. The molecule has 0 saturated heterocycles. The number of hydrogen-bond donors (Lipinski definition) is 0. The molecular weight excluding hydrogens is 174 g/mol. The van der Waals surface area contributed by atoms with Crippen molar-refractivity contribution in [2.75, 3.05) is 0 Å². The summed E-state index contributed by atoms with van der Waals surface area (Å²) in [4.78, 5) is 0. The third kappa shape index (κ3) is 1.24. The summed E-state index contributed by atoms with van der Waals surface area (Å²) in [5.74, 6) is 0. The first-order chi connectivity index (χ1) is 3.29. The average Bonchev–Trinajstić information content (AvgIpc) is 1.87. The Labute approximate surface area is 54.7 Å². The van der Waals surface area contributed by atoms with Gasteiger partial charge in [0.1, 0.15) is 0 Å². The molecule has 1 aromatic rings. The van der Waals surface area contributed by atoms with Gasteiger partial charge >= 0.3 is 0 Å². The van der Waals surface area contributed by atoms with Gasteiger partial charge in [0.25, 0.3) is 0 Å². The second-order valence-corrected chi connectivity index (χ2v) is 3.46. The van der Waals surface area contributed by atoms with E-state index < -0.39 is 0 Å². The molecule has 0 fully saturated rings. The van der Waals surface area contributed by atoms with E-state index in [1.807, 2.05) is 13.0 Å². The zero-order valence-electron chi connectivity index (χ0n) is 3.81. The summed E-state index contributed by atoms with van der Waals surface area (Å²) in [5.41, 5.74) is 1.08. The molecule has 0 unspecified atom stereocenters. The van der Waals surface area contributed by atoms with E-state index in [2.05, 4.69) is 20.3 Å². The number of hydrogen-bond acceptors (Lipinski definition) is 2. The van der Waals surface area contributed by atoms with Crippen LogP contribution < -0.4 is 0 Å². The van der Waals surface area contributed by atoms with E-state index in [-0.39, 0.29) is 0 Å². The third-order valence-corrected chi connectivity index (χ3v) is 1.93. The molecule has 0 bridgehead atoms. The first kappa shape index (κ1) is 5.25. The molecule has 1 aromatic heterocycles. The largest absolute Gasteiger partial charge is 0.197 e. The van der Waals surface area contributed by atoms with Gasteiger partial charge in [-0.2, -0.15) is 4.37 Å². The molecule has 0 saturated carbocycles. The fourth-order valence-corrected chi connectivity index (χ4v) is 1.39. The van der Waals surface area contributed by atoms with Crippen LogP contribution >= 0.6 is 27.5 Å². The first-order valence-corrected chi connectivity index (χ1v) is 3.44. The number of rotatable bonds is 0. The average molecular weight is 178 g/mol. The Morgan fingerprint density at radius 2 is 2.57 bits per heavy atom. The van der Waals surface area contributed by atoms with Crippen molar-refractivity contribution < 1.29 is 0 Å². The summed E-state index contributed by atoms with van der Waals surface area (Å²) in [5, 5.41) is 0. The maximum absolute atomic E-state index is 4.01. The van der Waals surface area contributed by atoms with Gasteiger partial charge in [0.05, 0.1) is 9.48 Å². The Hall–Kier alpha value is 0.110. The van der Waals surface area contributed by atoms with Crippen molar-refractivity contribution in [2.45, 2.75) is 6.92 Å². The summed E-state index contributed by atoms with van der Waals surface area (Å²) in [7, 11) is 0. The Morgan fingerprint density at radius 1 is 1.86 bits per heavy atom. The molecule has 38 valence electrons. The zero-order chi connectivity index (χ0) is 5.28. The van der Waals surface area contributed by atoms with Gasteiger partial charge in [-0.1, -0.05) is 0 Å². The van der Waals surface area contributed by atoms with E-state index in [4.69, 9.17) is 0 Å². The molecule has 0 N–H and O–H groups in total. The van der Waals surface area contributed by atoms with Crippen LogP contribution in [0.25, 0.3) is 0 Å². The standard InChI is InChI=1S/C4H4BrNS/c1-3-2-4(5)7-6-3/h2H,1H3. The summed E-state index contributed by atoms with van der Waals surface area (Å²) >= 11 is 4.76. The number of halogens is 1. The fraction of sp³-hybridized carbons (Fsp3) is 0.250. The minimum absolute atomic E-state index is 1.08. The lowest BCUT2D eigenvalue weighted by molar-refractivity contribution is 1.35. The normalized spacial score (nSPS) is 9.43. The minimum atomic E-state index is 1.08. The lowest BCUT2D eigenvalue weighted by Gasteiger charge is -1.65. The van der Waals surface area contributed by atoms with Gasteiger partial charge in [-0.3, -0.25) is 0 Å². The van der Waals surface area contributed by atoms with E-state index in [9.17, 15) is 0 Å².